The van der Waals surface area contributed by atoms with Crippen LogP contribution in [0, 0.1) is 13.8 Å². The van der Waals surface area contributed by atoms with E-state index >= 15 is 0 Å². The number of ether oxygens (including phenoxy) is 3. The maximum absolute atomic E-state index is 13.8. The van der Waals surface area contributed by atoms with Crippen LogP contribution in [0.2, 0.25) is 0 Å². The number of aryl methyl sites for hydroxylation is 2. The van der Waals surface area contributed by atoms with Crippen molar-refractivity contribution in [3.63, 3.8) is 0 Å². The highest BCUT2D eigenvalue weighted by Gasteiger charge is 2.35. The predicted molar refractivity (Wildman–Crippen MR) is 152 cm³/mol. The molecule has 5 rings (SSSR count). The van der Waals surface area contributed by atoms with Crippen LogP contribution in [0.5, 0.6) is 11.5 Å². The van der Waals surface area contributed by atoms with Crippen LogP contribution in [0.4, 0.5) is 5.95 Å². The maximum atomic E-state index is 13.8. The summed E-state index contributed by atoms with van der Waals surface area (Å²) in [7, 11) is 0.292. The van der Waals surface area contributed by atoms with Gasteiger partial charge >= 0.3 is 0 Å². The summed E-state index contributed by atoms with van der Waals surface area (Å²) in [5.41, 5.74) is 3.21. The molecule has 41 heavy (non-hydrogen) atoms. The number of rotatable bonds is 10. The van der Waals surface area contributed by atoms with Crippen molar-refractivity contribution in [3.8, 4) is 28.7 Å². The molecule has 0 saturated heterocycles. The number of methoxy groups -OCH3 is 3. The summed E-state index contributed by atoms with van der Waals surface area (Å²) in [5.74, 6) is 1.30. The van der Waals surface area contributed by atoms with E-state index in [1.54, 1.807) is 35.2 Å². The van der Waals surface area contributed by atoms with E-state index in [-0.39, 0.29) is 11.8 Å². The molecule has 0 radical (unpaired) electrons. The normalized spacial score (nSPS) is 13.2. The number of para-hydroxylation sites is 1. The molecule has 0 fully saturated rings. The zero-order chi connectivity index (χ0) is 29.3. The topological polar surface area (TPSA) is 148 Å². The summed E-state index contributed by atoms with van der Waals surface area (Å²) < 4.78 is 50.5. The fourth-order valence-electron chi connectivity index (χ4n) is 4.59. The van der Waals surface area contributed by atoms with Gasteiger partial charge in [-0.2, -0.15) is 0 Å². The second-order valence-electron chi connectivity index (χ2n) is 9.30. The molecule has 214 valence electrons. The van der Waals surface area contributed by atoms with Gasteiger partial charge in [0.15, 0.2) is 11.6 Å². The number of imidazole rings is 1. The summed E-state index contributed by atoms with van der Waals surface area (Å²) in [6.07, 6.45) is 4.11. The average Bonchev–Trinajstić information content (AvgIpc) is 3.52. The molecule has 13 nitrogen and oxygen atoms in total. The Hall–Kier alpha value is -4.56. The summed E-state index contributed by atoms with van der Waals surface area (Å²) in [6.45, 7) is 5.20. The molecule has 0 aliphatic carbocycles. The lowest BCUT2D eigenvalue weighted by Crippen LogP contribution is -2.33. The number of anilines is 1. The molecular formula is C27H30N8O5S. The first-order valence-electron chi connectivity index (χ1n) is 12.6. The standard InChI is InChI=1S/C27H30N8O5S/c1-16-14-28-25(29-15-16)24(40-6)18(3)41(36,37)33-27-32-31-26(22-17(2)30-21-12-7-8-13-34(21)22)35(27)23-19(38-4)10-9-11-20(23)39-5/h7-15,18,24H,1-6H3,(H,32,33)/t18?,24-/m0/s1. The lowest BCUT2D eigenvalue weighted by molar-refractivity contribution is 0.0949. The molecule has 0 saturated carbocycles. The Bertz CT molecular complexity index is 1780. The van der Waals surface area contributed by atoms with E-state index in [4.69, 9.17) is 14.2 Å². The van der Waals surface area contributed by atoms with Gasteiger partial charge in [0.1, 0.15) is 39.9 Å². The molecular weight excluding hydrogens is 548 g/mol. The SMILES string of the molecule is COc1cccc(OC)c1-n1c(NS(=O)(=O)C(C)[C@H](OC)c2ncc(C)cn2)nnc1-c1c(C)nc2ccccn12. The Morgan fingerprint density at radius 3 is 2.24 bits per heavy atom. The van der Waals surface area contributed by atoms with Crippen LogP contribution in [0.15, 0.2) is 55.0 Å². The average molecular weight is 579 g/mol. The fourth-order valence-corrected chi connectivity index (χ4v) is 5.72. The molecule has 4 aromatic heterocycles. The summed E-state index contributed by atoms with van der Waals surface area (Å²) in [4.78, 5) is 13.2. The predicted octanol–water partition coefficient (Wildman–Crippen LogP) is 3.52. The molecule has 2 atom stereocenters. The summed E-state index contributed by atoms with van der Waals surface area (Å²) in [5, 5.41) is 7.60. The minimum absolute atomic E-state index is 0.0837. The highest BCUT2D eigenvalue weighted by atomic mass is 32.2. The monoisotopic (exact) mass is 578 g/mol. The van der Waals surface area contributed by atoms with Crippen molar-refractivity contribution in [2.24, 2.45) is 0 Å². The Labute approximate surface area is 237 Å². The van der Waals surface area contributed by atoms with Crippen LogP contribution in [-0.4, -0.2) is 69.1 Å². The third-order valence-corrected chi connectivity index (χ3v) is 8.36. The summed E-state index contributed by atoms with van der Waals surface area (Å²) >= 11 is 0. The molecule has 1 N–H and O–H groups in total. The number of hydrogen-bond acceptors (Lipinski definition) is 10. The molecule has 4 heterocycles. The van der Waals surface area contributed by atoms with Crippen LogP contribution in [0.3, 0.4) is 0 Å². The van der Waals surface area contributed by atoms with E-state index in [0.29, 0.717) is 40.0 Å². The first kappa shape index (κ1) is 28.0. The second kappa shape index (κ2) is 11.1. The fraction of sp³-hybridized carbons (Fsp3) is 0.296. The molecule has 0 amide bonds. The molecule has 0 spiro atoms. The minimum Gasteiger partial charge on any atom is -0.494 e. The molecule has 14 heteroatoms. The van der Waals surface area contributed by atoms with Gasteiger partial charge in [0.2, 0.25) is 16.0 Å². The number of pyridine rings is 1. The summed E-state index contributed by atoms with van der Waals surface area (Å²) in [6, 6.07) is 10.8. The number of nitrogens with one attached hydrogen (secondary N) is 1. The number of sulfonamides is 1. The molecule has 5 aromatic rings. The Morgan fingerprint density at radius 1 is 0.927 bits per heavy atom. The van der Waals surface area contributed by atoms with Gasteiger partial charge in [-0.15, -0.1) is 10.2 Å². The third-order valence-electron chi connectivity index (χ3n) is 6.66. The van der Waals surface area contributed by atoms with E-state index in [2.05, 4.69) is 29.9 Å². The van der Waals surface area contributed by atoms with E-state index in [9.17, 15) is 8.42 Å². The van der Waals surface area contributed by atoms with Gasteiger partial charge in [-0.05, 0) is 50.6 Å². The van der Waals surface area contributed by atoms with Gasteiger partial charge < -0.3 is 14.2 Å². The van der Waals surface area contributed by atoms with Crippen LogP contribution in [0.1, 0.15) is 30.1 Å². The Morgan fingerprint density at radius 2 is 1.61 bits per heavy atom. The zero-order valence-electron chi connectivity index (χ0n) is 23.4. The third kappa shape index (κ3) is 5.07. The van der Waals surface area contributed by atoms with Crippen molar-refractivity contribution in [1.82, 2.24) is 34.1 Å². The van der Waals surface area contributed by atoms with E-state index in [1.807, 2.05) is 42.6 Å². The first-order chi connectivity index (χ1) is 19.7. The number of benzene rings is 1. The molecule has 0 bridgehead atoms. The van der Waals surface area contributed by atoms with Gasteiger partial charge in [0.25, 0.3) is 0 Å². The number of aromatic nitrogens is 7. The van der Waals surface area contributed by atoms with Gasteiger partial charge in [-0.3, -0.25) is 13.7 Å². The van der Waals surface area contributed by atoms with Crippen LogP contribution >= 0.6 is 0 Å². The first-order valence-corrected chi connectivity index (χ1v) is 14.2. The van der Waals surface area contributed by atoms with Crippen molar-refractivity contribution in [1.29, 1.82) is 0 Å². The number of hydrogen-bond donors (Lipinski definition) is 1. The number of fused-ring (bicyclic) bond motifs is 1. The second-order valence-corrected chi connectivity index (χ2v) is 11.3. The van der Waals surface area contributed by atoms with Crippen LogP contribution < -0.4 is 14.2 Å². The number of nitrogens with zero attached hydrogens (tertiary/aromatic N) is 7. The largest absolute Gasteiger partial charge is 0.494 e. The van der Waals surface area contributed by atoms with Gasteiger partial charge in [0.05, 0.1) is 19.9 Å². The van der Waals surface area contributed by atoms with Crippen molar-refractivity contribution in [2.45, 2.75) is 32.1 Å². The Kier molecular flexibility index (Phi) is 7.60. The van der Waals surface area contributed by atoms with Crippen molar-refractivity contribution >= 4 is 21.6 Å². The lowest BCUT2D eigenvalue weighted by atomic mass is 10.2. The van der Waals surface area contributed by atoms with Gasteiger partial charge in [0, 0.05) is 25.7 Å². The lowest BCUT2D eigenvalue weighted by Gasteiger charge is -2.23. The quantitative estimate of drug-likeness (QED) is 0.261. The van der Waals surface area contributed by atoms with Crippen molar-refractivity contribution < 1.29 is 22.6 Å². The smallest absolute Gasteiger partial charge is 0.243 e. The molecule has 0 aliphatic rings. The van der Waals surface area contributed by atoms with E-state index in [0.717, 1.165) is 5.56 Å². The maximum Gasteiger partial charge on any atom is 0.243 e. The highest BCUT2D eigenvalue weighted by molar-refractivity contribution is 7.93. The molecule has 1 unspecified atom stereocenters. The van der Waals surface area contributed by atoms with Gasteiger partial charge in [-0.1, -0.05) is 12.1 Å². The van der Waals surface area contributed by atoms with Crippen LogP contribution in [0.25, 0.3) is 22.9 Å². The molecule has 1 aromatic carbocycles. The van der Waals surface area contributed by atoms with E-state index < -0.39 is 21.4 Å². The highest BCUT2D eigenvalue weighted by Crippen LogP contribution is 2.39. The zero-order valence-corrected chi connectivity index (χ0v) is 24.2. The van der Waals surface area contributed by atoms with Crippen LogP contribution in [-0.2, 0) is 14.8 Å². The minimum atomic E-state index is -4.14. The van der Waals surface area contributed by atoms with Crippen molar-refractivity contribution in [3.05, 3.63) is 72.1 Å². The molecule has 0 aliphatic heterocycles. The van der Waals surface area contributed by atoms with E-state index in [1.165, 1.54) is 28.3 Å². The van der Waals surface area contributed by atoms with Crippen molar-refractivity contribution in [2.75, 3.05) is 26.1 Å². The Balaban J connectivity index is 1.68. The van der Waals surface area contributed by atoms with Gasteiger partial charge in [-0.25, -0.2) is 23.4 Å².